The van der Waals surface area contributed by atoms with Crippen molar-refractivity contribution in [2.24, 2.45) is 0 Å². The van der Waals surface area contributed by atoms with Gasteiger partial charge in [0, 0.05) is 10.7 Å². The molecule has 0 bridgehead atoms. The number of aryl methyl sites for hydroxylation is 2. The number of halogens is 1. The molecule has 0 atom stereocenters. The zero-order chi connectivity index (χ0) is 17.0. The summed E-state index contributed by atoms with van der Waals surface area (Å²) in [5.74, 6) is -1.53. The van der Waals surface area contributed by atoms with Crippen LogP contribution >= 0.6 is 11.6 Å². The molecule has 0 aromatic heterocycles. The van der Waals surface area contributed by atoms with Crippen LogP contribution in [0.25, 0.3) is 0 Å². The number of rotatable bonds is 4. The summed E-state index contributed by atoms with van der Waals surface area (Å²) in [4.78, 5) is 23.8. The van der Waals surface area contributed by atoms with Crippen LogP contribution in [0.1, 0.15) is 21.5 Å². The molecule has 0 unspecified atom stereocenters. The molecule has 0 saturated heterocycles. The third-order valence-electron chi connectivity index (χ3n) is 3.26. The molecule has 2 aromatic carbocycles. The van der Waals surface area contributed by atoms with E-state index in [0.717, 1.165) is 11.1 Å². The van der Waals surface area contributed by atoms with Gasteiger partial charge in [0.25, 0.3) is 5.91 Å². The third-order valence-corrected chi connectivity index (χ3v) is 3.49. The second-order valence-electron chi connectivity index (χ2n) is 5.05. The maximum Gasteiger partial charge on any atom is 0.342 e. The van der Waals surface area contributed by atoms with Crippen LogP contribution < -0.4 is 5.32 Å². The number of carbonyl (C=O) groups is 2. The molecule has 0 saturated carbocycles. The first kappa shape index (κ1) is 16.8. The minimum Gasteiger partial charge on any atom is -0.507 e. The highest BCUT2D eigenvalue weighted by molar-refractivity contribution is 6.31. The summed E-state index contributed by atoms with van der Waals surface area (Å²) in [6.45, 7) is 3.29. The lowest BCUT2D eigenvalue weighted by Crippen LogP contribution is -2.21. The average molecular weight is 334 g/mol. The van der Waals surface area contributed by atoms with Crippen molar-refractivity contribution in [3.63, 3.8) is 0 Å². The number of benzene rings is 2. The molecule has 5 nitrogen and oxygen atoms in total. The molecule has 0 aliphatic heterocycles. The Morgan fingerprint density at radius 2 is 1.83 bits per heavy atom. The highest BCUT2D eigenvalue weighted by atomic mass is 35.5. The van der Waals surface area contributed by atoms with Crippen molar-refractivity contribution in [2.45, 2.75) is 13.8 Å². The van der Waals surface area contributed by atoms with Crippen LogP contribution in [0.2, 0.25) is 5.02 Å². The van der Waals surface area contributed by atoms with Gasteiger partial charge in [-0.05, 0) is 43.2 Å². The molecule has 1 amide bonds. The Labute approximate surface area is 138 Å². The molecular weight excluding hydrogens is 318 g/mol. The second-order valence-corrected chi connectivity index (χ2v) is 5.49. The van der Waals surface area contributed by atoms with Crippen LogP contribution in [0.15, 0.2) is 36.4 Å². The number of phenols is 1. The first-order valence-electron chi connectivity index (χ1n) is 6.90. The van der Waals surface area contributed by atoms with E-state index in [2.05, 4.69) is 5.32 Å². The van der Waals surface area contributed by atoms with E-state index < -0.39 is 18.5 Å². The first-order valence-corrected chi connectivity index (χ1v) is 7.28. The standard InChI is InChI=1S/C17H16ClNO4/c1-10-4-3-5-11(2)16(10)19-15(21)9-23-17(22)13-8-12(18)6-7-14(13)20/h3-8,20H,9H2,1-2H3,(H,19,21). The van der Waals surface area contributed by atoms with Crippen LogP contribution in [-0.4, -0.2) is 23.6 Å². The van der Waals surface area contributed by atoms with Gasteiger partial charge in [-0.3, -0.25) is 4.79 Å². The minimum atomic E-state index is -0.818. The topological polar surface area (TPSA) is 75.6 Å². The maximum atomic E-state index is 11.9. The smallest absolute Gasteiger partial charge is 0.342 e. The molecule has 2 aromatic rings. The van der Waals surface area contributed by atoms with Crippen LogP contribution in [0, 0.1) is 13.8 Å². The Kier molecular flexibility index (Phi) is 5.24. The van der Waals surface area contributed by atoms with E-state index in [9.17, 15) is 14.7 Å². The van der Waals surface area contributed by atoms with E-state index in [4.69, 9.17) is 16.3 Å². The molecule has 120 valence electrons. The maximum absolute atomic E-state index is 11.9. The van der Waals surface area contributed by atoms with Gasteiger partial charge < -0.3 is 15.2 Å². The van der Waals surface area contributed by atoms with Gasteiger partial charge in [0.05, 0.1) is 0 Å². The molecule has 0 fully saturated rings. The number of carbonyl (C=O) groups excluding carboxylic acids is 2. The fourth-order valence-corrected chi connectivity index (χ4v) is 2.24. The number of anilines is 1. The van der Waals surface area contributed by atoms with Gasteiger partial charge in [-0.15, -0.1) is 0 Å². The molecule has 2 N–H and O–H groups in total. The van der Waals surface area contributed by atoms with Crippen LogP contribution in [0.5, 0.6) is 5.75 Å². The fraction of sp³-hybridized carbons (Fsp3) is 0.176. The number of phenolic OH excluding ortho intramolecular Hbond substituents is 1. The van der Waals surface area contributed by atoms with E-state index >= 15 is 0 Å². The van der Waals surface area contributed by atoms with Gasteiger partial charge >= 0.3 is 5.97 Å². The first-order chi connectivity index (χ1) is 10.9. The molecule has 0 aliphatic rings. The third kappa shape index (κ3) is 4.23. The highest BCUT2D eigenvalue weighted by Crippen LogP contribution is 2.22. The average Bonchev–Trinajstić information content (AvgIpc) is 2.51. The number of hydrogen-bond donors (Lipinski definition) is 2. The van der Waals surface area contributed by atoms with Gasteiger partial charge in [-0.25, -0.2) is 4.79 Å². The number of nitrogens with one attached hydrogen (secondary N) is 1. The number of esters is 1. The monoisotopic (exact) mass is 333 g/mol. The zero-order valence-corrected chi connectivity index (χ0v) is 13.5. The van der Waals surface area contributed by atoms with Gasteiger partial charge in [0.1, 0.15) is 11.3 Å². The van der Waals surface area contributed by atoms with Crippen LogP contribution in [0.3, 0.4) is 0 Å². The largest absolute Gasteiger partial charge is 0.507 e. The zero-order valence-electron chi connectivity index (χ0n) is 12.7. The molecule has 0 spiro atoms. The summed E-state index contributed by atoms with van der Waals surface area (Å²) >= 11 is 5.77. The Morgan fingerprint density at radius 1 is 1.17 bits per heavy atom. The van der Waals surface area contributed by atoms with Crippen LogP contribution in [0.4, 0.5) is 5.69 Å². The Morgan fingerprint density at radius 3 is 2.48 bits per heavy atom. The van der Waals surface area contributed by atoms with E-state index in [1.165, 1.54) is 18.2 Å². The Hall–Kier alpha value is -2.53. The van der Waals surface area contributed by atoms with Crippen LogP contribution in [-0.2, 0) is 9.53 Å². The van der Waals surface area contributed by atoms with Gasteiger partial charge in [-0.2, -0.15) is 0 Å². The molecular formula is C17H16ClNO4. The summed E-state index contributed by atoms with van der Waals surface area (Å²) in [5, 5.41) is 12.6. The molecule has 0 heterocycles. The lowest BCUT2D eigenvalue weighted by atomic mass is 10.1. The summed E-state index contributed by atoms with van der Waals surface area (Å²) in [6, 6.07) is 9.65. The number of para-hydroxylation sites is 1. The number of aromatic hydroxyl groups is 1. The van der Waals surface area contributed by atoms with Crippen molar-refractivity contribution in [3.05, 3.63) is 58.1 Å². The quantitative estimate of drug-likeness (QED) is 0.840. The predicted octanol–water partition coefficient (Wildman–Crippen LogP) is 3.46. The summed E-state index contributed by atoms with van der Waals surface area (Å²) in [6.07, 6.45) is 0. The molecule has 0 aliphatic carbocycles. The summed E-state index contributed by atoms with van der Waals surface area (Å²) < 4.78 is 4.91. The van der Waals surface area contributed by atoms with E-state index in [-0.39, 0.29) is 16.3 Å². The molecule has 0 radical (unpaired) electrons. The Bertz CT molecular complexity index is 738. The van der Waals surface area contributed by atoms with Gasteiger partial charge in [0.15, 0.2) is 6.61 Å². The van der Waals surface area contributed by atoms with Crippen molar-refractivity contribution < 1.29 is 19.4 Å². The Balaban J connectivity index is 1.99. The predicted molar refractivity (Wildman–Crippen MR) is 87.9 cm³/mol. The number of hydrogen-bond acceptors (Lipinski definition) is 4. The minimum absolute atomic E-state index is 0.0858. The van der Waals surface area contributed by atoms with Crippen molar-refractivity contribution in [2.75, 3.05) is 11.9 Å². The highest BCUT2D eigenvalue weighted by Gasteiger charge is 2.15. The SMILES string of the molecule is Cc1cccc(C)c1NC(=O)COC(=O)c1cc(Cl)ccc1O. The van der Waals surface area contributed by atoms with Crippen molar-refractivity contribution >= 4 is 29.2 Å². The van der Waals surface area contributed by atoms with Gasteiger partial charge in [-0.1, -0.05) is 29.8 Å². The number of ether oxygens (including phenoxy) is 1. The van der Waals surface area contributed by atoms with Crippen molar-refractivity contribution in [1.82, 2.24) is 0 Å². The van der Waals surface area contributed by atoms with E-state index in [1.54, 1.807) is 0 Å². The summed E-state index contributed by atoms with van der Waals surface area (Å²) in [7, 11) is 0. The number of amides is 1. The lowest BCUT2D eigenvalue weighted by Gasteiger charge is -2.12. The van der Waals surface area contributed by atoms with Gasteiger partial charge in [0.2, 0.25) is 0 Å². The van der Waals surface area contributed by atoms with Crippen molar-refractivity contribution in [3.8, 4) is 5.75 Å². The molecule has 23 heavy (non-hydrogen) atoms. The summed E-state index contributed by atoms with van der Waals surface area (Å²) in [5.41, 5.74) is 2.44. The fourth-order valence-electron chi connectivity index (χ4n) is 2.07. The molecule has 2 rings (SSSR count). The van der Waals surface area contributed by atoms with Crippen molar-refractivity contribution in [1.29, 1.82) is 0 Å². The van der Waals surface area contributed by atoms with E-state index in [0.29, 0.717) is 5.69 Å². The molecule has 6 heteroatoms. The second kappa shape index (κ2) is 7.15. The normalized spacial score (nSPS) is 10.2. The van der Waals surface area contributed by atoms with E-state index in [1.807, 2.05) is 32.0 Å². The lowest BCUT2D eigenvalue weighted by molar-refractivity contribution is -0.119.